The molecule has 126 valence electrons. The molecular weight excluding hydrogens is 298 g/mol. The van der Waals surface area contributed by atoms with Crippen molar-refractivity contribution >= 4 is 17.3 Å². The van der Waals surface area contributed by atoms with Gasteiger partial charge in [0.2, 0.25) is 5.91 Å². The average Bonchev–Trinajstić information content (AvgIpc) is 2.54. The van der Waals surface area contributed by atoms with Crippen molar-refractivity contribution in [2.75, 3.05) is 36.5 Å². The topological polar surface area (TPSA) is 106 Å². The van der Waals surface area contributed by atoms with Gasteiger partial charge in [0.05, 0.1) is 31.1 Å². The molecule has 0 heterocycles. The van der Waals surface area contributed by atoms with E-state index in [1.807, 2.05) is 18.7 Å². The second-order valence-electron chi connectivity index (χ2n) is 4.87. The lowest BCUT2D eigenvalue weighted by molar-refractivity contribution is -0.115. The molecule has 0 saturated heterocycles. The van der Waals surface area contributed by atoms with Crippen LogP contribution in [0, 0.1) is 11.3 Å². The van der Waals surface area contributed by atoms with Crippen LogP contribution < -0.4 is 15.0 Å². The quantitative estimate of drug-likeness (QED) is 0.629. The lowest BCUT2D eigenvalue weighted by Gasteiger charge is -2.27. The molecule has 1 amide bonds. The van der Waals surface area contributed by atoms with Crippen molar-refractivity contribution in [3.63, 3.8) is 0 Å². The average molecular weight is 321 g/mol. The first-order valence-corrected chi connectivity index (χ1v) is 7.53. The van der Waals surface area contributed by atoms with Crippen LogP contribution in [0.2, 0.25) is 0 Å². The second kappa shape index (κ2) is 9.66. The summed E-state index contributed by atoms with van der Waals surface area (Å²) in [6, 6.07) is 6.95. The zero-order chi connectivity index (χ0) is 17.2. The summed E-state index contributed by atoms with van der Waals surface area (Å²) in [6.45, 7) is 4.76. The first-order valence-electron chi connectivity index (χ1n) is 7.53. The van der Waals surface area contributed by atoms with Crippen molar-refractivity contribution in [2.45, 2.75) is 26.4 Å². The minimum atomic E-state index is -0.874. The molecule has 23 heavy (non-hydrogen) atoms. The van der Waals surface area contributed by atoms with Gasteiger partial charge in [0.25, 0.3) is 0 Å². The van der Waals surface area contributed by atoms with E-state index in [9.17, 15) is 9.90 Å². The first kappa shape index (κ1) is 18.7. The number of hydrogen-bond acceptors (Lipinski definition) is 6. The molecular formula is C16H23N3O4. The molecule has 1 aromatic carbocycles. The highest BCUT2D eigenvalue weighted by molar-refractivity contribution is 5.92. The van der Waals surface area contributed by atoms with E-state index in [2.05, 4.69) is 5.32 Å². The lowest BCUT2D eigenvalue weighted by Crippen LogP contribution is -2.34. The Bertz CT molecular complexity index is 557. The van der Waals surface area contributed by atoms with Gasteiger partial charge in [0, 0.05) is 18.8 Å². The molecule has 1 rings (SSSR count). The largest absolute Gasteiger partial charge is 0.492 e. The van der Waals surface area contributed by atoms with Crippen molar-refractivity contribution in [1.82, 2.24) is 0 Å². The van der Waals surface area contributed by atoms with Crippen LogP contribution in [0.3, 0.4) is 0 Å². The van der Waals surface area contributed by atoms with E-state index in [4.69, 9.17) is 15.1 Å². The minimum absolute atomic E-state index is 0.219. The summed E-state index contributed by atoms with van der Waals surface area (Å²) < 4.78 is 5.59. The van der Waals surface area contributed by atoms with Crippen LogP contribution >= 0.6 is 0 Å². The highest BCUT2D eigenvalue weighted by atomic mass is 16.5. The molecule has 1 unspecified atom stereocenters. The van der Waals surface area contributed by atoms with Gasteiger partial charge in [-0.15, -0.1) is 0 Å². The smallest absolute Gasteiger partial charge is 0.238 e. The fourth-order valence-electron chi connectivity index (χ4n) is 2.11. The van der Waals surface area contributed by atoms with Crippen LogP contribution in [-0.4, -0.2) is 48.5 Å². The number of anilines is 2. The van der Waals surface area contributed by atoms with Crippen LogP contribution in [0.5, 0.6) is 5.75 Å². The van der Waals surface area contributed by atoms with Gasteiger partial charge < -0.3 is 25.2 Å². The van der Waals surface area contributed by atoms with E-state index in [1.165, 1.54) is 0 Å². The van der Waals surface area contributed by atoms with Gasteiger partial charge in [-0.2, -0.15) is 5.26 Å². The molecule has 7 heteroatoms. The molecule has 0 bridgehead atoms. The number of nitrogens with one attached hydrogen (secondary N) is 1. The number of aliphatic hydroxyl groups excluding tert-OH is 2. The van der Waals surface area contributed by atoms with Gasteiger partial charge >= 0.3 is 0 Å². The zero-order valence-electron chi connectivity index (χ0n) is 13.5. The SMILES string of the molecule is CCOc1ccc(NC(=O)CC#N)cc1N(CC)CC(O)CO. The molecule has 0 radical (unpaired) electrons. The van der Waals surface area contributed by atoms with Crippen molar-refractivity contribution in [3.8, 4) is 11.8 Å². The van der Waals surface area contributed by atoms with Crippen LogP contribution in [0.25, 0.3) is 0 Å². The van der Waals surface area contributed by atoms with Gasteiger partial charge in [0.15, 0.2) is 0 Å². The molecule has 0 aromatic heterocycles. The predicted molar refractivity (Wildman–Crippen MR) is 87.5 cm³/mol. The molecule has 7 nitrogen and oxygen atoms in total. The maximum absolute atomic E-state index is 11.5. The molecule has 0 aliphatic rings. The Morgan fingerprint density at radius 2 is 2.22 bits per heavy atom. The summed E-state index contributed by atoms with van der Waals surface area (Å²) in [5, 5.41) is 29.9. The number of carbonyl (C=O) groups is 1. The highest BCUT2D eigenvalue weighted by Crippen LogP contribution is 2.32. The Hall–Kier alpha value is -2.30. The number of likely N-dealkylation sites (N-methyl/N-ethyl adjacent to an activating group) is 1. The van der Waals surface area contributed by atoms with Crippen molar-refractivity contribution in [1.29, 1.82) is 5.26 Å². The van der Waals surface area contributed by atoms with Gasteiger partial charge in [0.1, 0.15) is 12.2 Å². The third kappa shape index (κ3) is 5.77. The number of aliphatic hydroxyl groups is 2. The predicted octanol–water partition coefficient (Wildman–Crippen LogP) is 1.12. The molecule has 0 aliphatic carbocycles. The molecule has 1 atom stereocenters. The molecule has 3 N–H and O–H groups in total. The van der Waals surface area contributed by atoms with Crippen LogP contribution in [-0.2, 0) is 4.79 Å². The van der Waals surface area contributed by atoms with Crippen LogP contribution in [0.1, 0.15) is 20.3 Å². The summed E-state index contributed by atoms with van der Waals surface area (Å²) in [7, 11) is 0. The third-order valence-electron chi connectivity index (χ3n) is 3.15. The summed E-state index contributed by atoms with van der Waals surface area (Å²) in [5.74, 6) is 0.235. The maximum atomic E-state index is 11.5. The number of ether oxygens (including phenoxy) is 1. The third-order valence-corrected chi connectivity index (χ3v) is 3.15. The minimum Gasteiger partial charge on any atom is -0.492 e. The highest BCUT2D eigenvalue weighted by Gasteiger charge is 2.16. The van der Waals surface area contributed by atoms with Gasteiger partial charge in [-0.1, -0.05) is 0 Å². The van der Waals surface area contributed by atoms with Crippen LogP contribution in [0.4, 0.5) is 11.4 Å². The number of hydrogen-bond donors (Lipinski definition) is 3. The molecule has 1 aromatic rings. The Morgan fingerprint density at radius 1 is 1.48 bits per heavy atom. The maximum Gasteiger partial charge on any atom is 0.238 e. The number of rotatable bonds is 9. The summed E-state index contributed by atoms with van der Waals surface area (Å²) in [6.07, 6.45) is -1.09. The van der Waals surface area contributed by atoms with E-state index in [0.717, 1.165) is 0 Å². The van der Waals surface area contributed by atoms with E-state index >= 15 is 0 Å². The van der Waals surface area contributed by atoms with Crippen molar-refractivity contribution < 1.29 is 19.7 Å². The summed E-state index contributed by atoms with van der Waals surface area (Å²) >= 11 is 0. The van der Waals surface area contributed by atoms with Gasteiger partial charge in [-0.3, -0.25) is 4.79 Å². The Kier molecular flexibility index (Phi) is 7.88. The van der Waals surface area contributed by atoms with E-state index in [0.29, 0.717) is 30.3 Å². The Balaban J connectivity index is 3.08. The number of nitriles is 1. The van der Waals surface area contributed by atoms with Crippen molar-refractivity contribution in [2.24, 2.45) is 0 Å². The zero-order valence-corrected chi connectivity index (χ0v) is 13.5. The fraction of sp³-hybridized carbons (Fsp3) is 0.500. The lowest BCUT2D eigenvalue weighted by atomic mass is 10.2. The number of amides is 1. The monoisotopic (exact) mass is 321 g/mol. The molecule has 0 fully saturated rings. The normalized spacial score (nSPS) is 11.4. The van der Waals surface area contributed by atoms with Gasteiger partial charge in [-0.05, 0) is 32.0 Å². The summed E-state index contributed by atoms with van der Waals surface area (Å²) in [5.41, 5.74) is 1.25. The number of carbonyl (C=O) groups excluding carboxylic acids is 1. The van der Waals surface area contributed by atoms with E-state index in [-0.39, 0.29) is 25.5 Å². The fourth-order valence-corrected chi connectivity index (χ4v) is 2.11. The molecule has 0 saturated carbocycles. The van der Waals surface area contributed by atoms with Crippen LogP contribution in [0.15, 0.2) is 18.2 Å². The molecule has 0 aliphatic heterocycles. The van der Waals surface area contributed by atoms with Gasteiger partial charge in [-0.25, -0.2) is 0 Å². The summed E-state index contributed by atoms with van der Waals surface area (Å²) in [4.78, 5) is 13.4. The Morgan fingerprint density at radius 3 is 2.78 bits per heavy atom. The number of nitrogens with zero attached hydrogens (tertiary/aromatic N) is 2. The van der Waals surface area contributed by atoms with Crippen molar-refractivity contribution in [3.05, 3.63) is 18.2 Å². The van der Waals surface area contributed by atoms with E-state index < -0.39 is 6.10 Å². The standard InChI is InChI=1S/C16H23N3O4/c1-3-19(10-13(21)11-20)14-9-12(18-16(22)7-8-17)5-6-15(14)23-4-2/h5-6,9,13,20-21H,3-4,7,10-11H2,1-2H3,(H,18,22). The number of benzene rings is 1. The Labute approximate surface area is 136 Å². The van der Waals surface area contributed by atoms with E-state index in [1.54, 1.807) is 24.3 Å². The second-order valence-corrected chi connectivity index (χ2v) is 4.87. The first-order chi connectivity index (χ1) is 11.0. The molecule has 0 spiro atoms.